The molecule has 0 aromatic heterocycles. The minimum absolute atomic E-state index is 0.0822. The van der Waals surface area contributed by atoms with Gasteiger partial charge >= 0.3 is 0 Å². The van der Waals surface area contributed by atoms with Crippen LogP contribution in [0.4, 0.5) is 5.69 Å². The smallest absolute Gasteiger partial charge is 0.272 e. The number of benzene rings is 1. The highest BCUT2D eigenvalue weighted by Crippen LogP contribution is 2.23. The zero-order valence-electron chi connectivity index (χ0n) is 12.4. The van der Waals surface area contributed by atoms with Crippen LogP contribution < -0.4 is 5.32 Å². The van der Waals surface area contributed by atoms with Gasteiger partial charge in [-0.3, -0.25) is 10.1 Å². The summed E-state index contributed by atoms with van der Waals surface area (Å²) in [6.45, 7) is 6.83. The zero-order chi connectivity index (χ0) is 15.1. The Labute approximate surface area is 120 Å². The highest BCUT2D eigenvalue weighted by atomic mass is 16.6. The van der Waals surface area contributed by atoms with Crippen LogP contribution in [0.2, 0.25) is 0 Å². The van der Waals surface area contributed by atoms with Crippen LogP contribution >= 0.6 is 0 Å². The van der Waals surface area contributed by atoms with E-state index >= 15 is 0 Å². The first-order valence-corrected chi connectivity index (χ1v) is 7.05. The lowest BCUT2D eigenvalue weighted by molar-refractivity contribution is -0.385. The van der Waals surface area contributed by atoms with Crippen molar-refractivity contribution in [3.05, 3.63) is 39.4 Å². The van der Waals surface area contributed by atoms with Crippen LogP contribution in [0, 0.1) is 23.0 Å². The minimum Gasteiger partial charge on any atom is -0.396 e. The number of nitrogens with one attached hydrogen (secondary N) is 1. The van der Waals surface area contributed by atoms with Crippen molar-refractivity contribution in [2.45, 2.75) is 39.7 Å². The van der Waals surface area contributed by atoms with E-state index in [1.54, 1.807) is 19.1 Å². The first kappa shape index (κ1) is 16.6. The number of aryl methyl sites for hydroxylation is 1. The minimum atomic E-state index is -0.339. The van der Waals surface area contributed by atoms with Gasteiger partial charge in [0.1, 0.15) is 0 Å². The van der Waals surface area contributed by atoms with Crippen LogP contribution in [0.3, 0.4) is 0 Å². The Morgan fingerprint density at radius 2 is 2.10 bits per heavy atom. The van der Waals surface area contributed by atoms with Crippen molar-refractivity contribution in [2.24, 2.45) is 5.92 Å². The van der Waals surface area contributed by atoms with Crippen molar-refractivity contribution in [3.8, 4) is 0 Å². The third-order valence-electron chi connectivity index (χ3n) is 3.57. The molecule has 5 nitrogen and oxygen atoms in total. The van der Waals surface area contributed by atoms with Gasteiger partial charge in [-0.05, 0) is 44.7 Å². The van der Waals surface area contributed by atoms with Crippen LogP contribution in [0.1, 0.15) is 43.9 Å². The van der Waals surface area contributed by atoms with Crippen LogP contribution in [0.25, 0.3) is 0 Å². The zero-order valence-corrected chi connectivity index (χ0v) is 12.4. The molecular weight excluding hydrogens is 256 g/mol. The molecule has 20 heavy (non-hydrogen) atoms. The molecule has 0 saturated carbocycles. The molecule has 1 aromatic carbocycles. The standard InChI is InChI=1S/C15H24N2O3/c1-11(10-18)5-4-8-16-13(3)14-7-6-12(2)15(9-14)17(19)20/h6-7,9,11,13,16,18H,4-5,8,10H2,1-3H3. The van der Waals surface area contributed by atoms with Crippen LogP contribution in [-0.4, -0.2) is 23.2 Å². The van der Waals surface area contributed by atoms with E-state index in [1.807, 2.05) is 19.9 Å². The molecule has 0 heterocycles. The summed E-state index contributed by atoms with van der Waals surface area (Å²) in [6, 6.07) is 5.44. The molecule has 0 aliphatic carbocycles. The van der Waals surface area contributed by atoms with Crippen LogP contribution in [-0.2, 0) is 0 Å². The summed E-state index contributed by atoms with van der Waals surface area (Å²) >= 11 is 0. The molecule has 0 spiro atoms. The summed E-state index contributed by atoms with van der Waals surface area (Å²) < 4.78 is 0. The Bertz CT molecular complexity index is 449. The fourth-order valence-electron chi connectivity index (χ4n) is 2.07. The molecule has 2 atom stereocenters. The van der Waals surface area contributed by atoms with Gasteiger partial charge in [0.25, 0.3) is 5.69 Å². The number of hydrogen-bond acceptors (Lipinski definition) is 4. The third-order valence-corrected chi connectivity index (χ3v) is 3.57. The SMILES string of the molecule is Cc1ccc(C(C)NCCCC(C)CO)cc1[N+](=O)[O-]. The van der Waals surface area contributed by atoms with Gasteiger partial charge in [-0.1, -0.05) is 19.1 Å². The number of rotatable bonds is 8. The maximum absolute atomic E-state index is 10.9. The van der Waals surface area contributed by atoms with Gasteiger partial charge in [-0.25, -0.2) is 0 Å². The summed E-state index contributed by atoms with van der Waals surface area (Å²) in [5.74, 6) is 0.326. The number of nitro groups is 1. The van der Waals surface area contributed by atoms with E-state index in [9.17, 15) is 10.1 Å². The number of aliphatic hydroxyl groups excluding tert-OH is 1. The van der Waals surface area contributed by atoms with E-state index < -0.39 is 0 Å². The highest BCUT2D eigenvalue weighted by Gasteiger charge is 2.14. The van der Waals surface area contributed by atoms with E-state index in [1.165, 1.54) is 0 Å². The monoisotopic (exact) mass is 280 g/mol. The van der Waals surface area contributed by atoms with Crippen molar-refractivity contribution < 1.29 is 10.0 Å². The fraction of sp³-hybridized carbons (Fsp3) is 0.600. The molecular formula is C15H24N2O3. The summed E-state index contributed by atoms with van der Waals surface area (Å²) in [5, 5.41) is 23.2. The second-order valence-electron chi connectivity index (χ2n) is 5.41. The average Bonchev–Trinajstić information content (AvgIpc) is 2.43. The number of nitrogens with zero attached hydrogens (tertiary/aromatic N) is 1. The second-order valence-corrected chi connectivity index (χ2v) is 5.41. The highest BCUT2D eigenvalue weighted by molar-refractivity contribution is 5.43. The third kappa shape index (κ3) is 4.90. The summed E-state index contributed by atoms with van der Waals surface area (Å²) in [6.07, 6.45) is 1.96. The largest absolute Gasteiger partial charge is 0.396 e. The van der Waals surface area contributed by atoms with E-state index in [4.69, 9.17) is 5.11 Å². The summed E-state index contributed by atoms with van der Waals surface area (Å²) in [5.41, 5.74) is 1.78. The predicted molar refractivity (Wildman–Crippen MR) is 79.7 cm³/mol. The van der Waals surface area contributed by atoms with Crippen molar-refractivity contribution in [3.63, 3.8) is 0 Å². The summed E-state index contributed by atoms with van der Waals surface area (Å²) in [7, 11) is 0. The quantitative estimate of drug-likeness (QED) is 0.436. The van der Waals surface area contributed by atoms with Gasteiger partial charge in [0, 0.05) is 24.3 Å². The summed E-state index contributed by atoms with van der Waals surface area (Å²) in [4.78, 5) is 10.6. The molecule has 112 valence electrons. The Kier molecular flexibility index (Phi) is 6.61. The van der Waals surface area contributed by atoms with Crippen molar-refractivity contribution >= 4 is 5.69 Å². The Hall–Kier alpha value is -1.46. The molecule has 2 unspecified atom stereocenters. The molecule has 0 bridgehead atoms. The van der Waals surface area contributed by atoms with Gasteiger partial charge < -0.3 is 10.4 Å². The first-order valence-electron chi connectivity index (χ1n) is 7.05. The molecule has 2 N–H and O–H groups in total. The Morgan fingerprint density at radius 1 is 1.40 bits per heavy atom. The topological polar surface area (TPSA) is 75.4 Å². The molecule has 0 aliphatic heterocycles. The molecule has 0 fully saturated rings. The normalized spacial score (nSPS) is 14.0. The van der Waals surface area contributed by atoms with Crippen molar-refractivity contribution in [1.29, 1.82) is 0 Å². The molecule has 0 amide bonds. The lowest BCUT2D eigenvalue weighted by Gasteiger charge is -2.15. The van der Waals surface area contributed by atoms with Gasteiger partial charge in [-0.2, -0.15) is 0 Å². The Morgan fingerprint density at radius 3 is 2.70 bits per heavy atom. The number of hydrogen-bond donors (Lipinski definition) is 2. The van der Waals surface area contributed by atoms with Crippen LogP contribution in [0.15, 0.2) is 18.2 Å². The van der Waals surface area contributed by atoms with E-state index in [-0.39, 0.29) is 23.3 Å². The number of aliphatic hydroxyl groups is 1. The Balaban J connectivity index is 2.53. The molecule has 0 aliphatic rings. The molecule has 0 radical (unpaired) electrons. The van der Waals surface area contributed by atoms with E-state index in [0.717, 1.165) is 24.9 Å². The lowest BCUT2D eigenvalue weighted by atomic mass is 10.0. The van der Waals surface area contributed by atoms with Gasteiger partial charge in [-0.15, -0.1) is 0 Å². The fourth-order valence-corrected chi connectivity index (χ4v) is 2.07. The van der Waals surface area contributed by atoms with Crippen LogP contribution in [0.5, 0.6) is 0 Å². The van der Waals surface area contributed by atoms with Gasteiger partial charge in [0.05, 0.1) is 4.92 Å². The van der Waals surface area contributed by atoms with E-state index in [0.29, 0.717) is 11.5 Å². The number of nitro benzene ring substituents is 1. The van der Waals surface area contributed by atoms with Crippen molar-refractivity contribution in [2.75, 3.05) is 13.2 Å². The molecule has 0 saturated heterocycles. The average molecular weight is 280 g/mol. The molecule has 5 heteroatoms. The lowest BCUT2D eigenvalue weighted by Crippen LogP contribution is -2.20. The molecule has 1 aromatic rings. The maximum atomic E-state index is 10.9. The molecule has 1 rings (SSSR count). The maximum Gasteiger partial charge on any atom is 0.272 e. The first-order chi connectivity index (χ1) is 9.45. The van der Waals surface area contributed by atoms with E-state index in [2.05, 4.69) is 5.32 Å². The predicted octanol–water partition coefficient (Wildman–Crippen LogP) is 2.96. The second kappa shape index (κ2) is 7.97. The van der Waals surface area contributed by atoms with Gasteiger partial charge in [0.2, 0.25) is 0 Å². The van der Waals surface area contributed by atoms with Gasteiger partial charge in [0.15, 0.2) is 0 Å². The van der Waals surface area contributed by atoms with Crippen molar-refractivity contribution in [1.82, 2.24) is 5.32 Å².